The summed E-state index contributed by atoms with van der Waals surface area (Å²) in [7, 11) is 0. The van der Waals surface area contributed by atoms with Gasteiger partial charge < -0.3 is 5.73 Å². The Balaban J connectivity index is 3.23. The molecule has 0 radical (unpaired) electrons. The molecule has 0 spiro atoms. The van der Waals surface area contributed by atoms with Crippen LogP contribution < -0.4 is 5.73 Å². The van der Waals surface area contributed by atoms with Gasteiger partial charge in [0, 0.05) is 0 Å². The zero-order chi connectivity index (χ0) is 10.7. The number of aryl methyl sites for hydroxylation is 1. The van der Waals surface area contributed by atoms with Crippen LogP contribution in [-0.4, -0.2) is 9.78 Å². The fourth-order valence-corrected chi connectivity index (χ4v) is 1.52. The largest absolute Gasteiger partial charge is 0.396 e. The third-order valence-corrected chi connectivity index (χ3v) is 2.35. The van der Waals surface area contributed by atoms with Crippen molar-refractivity contribution in [3.8, 4) is 6.07 Å². The lowest BCUT2D eigenvalue weighted by Gasteiger charge is -2.06. The van der Waals surface area contributed by atoms with E-state index in [2.05, 4.69) is 11.2 Å². The summed E-state index contributed by atoms with van der Waals surface area (Å²) in [6, 6.07) is 1.92. The first-order valence-corrected chi connectivity index (χ1v) is 4.91. The van der Waals surface area contributed by atoms with Crippen molar-refractivity contribution in [2.45, 2.75) is 39.7 Å². The lowest BCUT2D eigenvalue weighted by molar-refractivity contribution is 0.559. The molecule has 0 fully saturated rings. The summed E-state index contributed by atoms with van der Waals surface area (Å²) in [4.78, 5) is 0. The fourth-order valence-electron chi connectivity index (χ4n) is 1.52. The van der Waals surface area contributed by atoms with E-state index >= 15 is 0 Å². The third-order valence-electron chi connectivity index (χ3n) is 2.35. The van der Waals surface area contributed by atoms with Gasteiger partial charge in [-0.1, -0.05) is 13.8 Å². The van der Waals surface area contributed by atoms with Crippen LogP contribution in [0.25, 0.3) is 0 Å². The van der Waals surface area contributed by atoms with Gasteiger partial charge in [0.2, 0.25) is 0 Å². The topological polar surface area (TPSA) is 67.6 Å². The molecule has 2 N–H and O–H groups in total. The van der Waals surface area contributed by atoms with Gasteiger partial charge in [0.05, 0.1) is 23.1 Å². The van der Waals surface area contributed by atoms with Crippen molar-refractivity contribution in [1.29, 1.82) is 5.26 Å². The smallest absolute Gasteiger partial charge is 0.136 e. The number of anilines is 1. The number of rotatable bonds is 3. The Kier molecular flexibility index (Phi) is 3.13. The first kappa shape index (κ1) is 10.6. The maximum Gasteiger partial charge on any atom is 0.136 e. The summed E-state index contributed by atoms with van der Waals surface area (Å²) in [5, 5.41) is 13.2. The van der Waals surface area contributed by atoms with Gasteiger partial charge in [0.15, 0.2) is 0 Å². The molecule has 0 aliphatic carbocycles. The van der Waals surface area contributed by atoms with Gasteiger partial charge in [0.1, 0.15) is 6.04 Å². The minimum Gasteiger partial charge on any atom is -0.396 e. The summed E-state index contributed by atoms with van der Waals surface area (Å²) in [6.07, 6.45) is 1.62. The molecule has 1 heterocycles. The summed E-state index contributed by atoms with van der Waals surface area (Å²) < 4.78 is 1.73. The van der Waals surface area contributed by atoms with Crippen LogP contribution in [0.1, 0.15) is 38.2 Å². The van der Waals surface area contributed by atoms with Gasteiger partial charge >= 0.3 is 0 Å². The van der Waals surface area contributed by atoms with Crippen molar-refractivity contribution >= 4 is 5.69 Å². The Labute approximate surface area is 84.3 Å². The molecule has 1 rings (SSSR count). The standard InChI is InChI=1S/C10H16N4/c1-4-8-10(12)9(5-2)14(13-8)7(3)6-11/h7H,4-5,12H2,1-3H3. The number of nitrogen functional groups attached to an aromatic ring is 1. The molecule has 4 heteroatoms. The summed E-state index contributed by atoms with van der Waals surface area (Å²) >= 11 is 0. The SMILES string of the molecule is CCc1nn(C(C)C#N)c(CC)c1N. The molecular formula is C10H16N4. The van der Waals surface area contributed by atoms with Crippen molar-refractivity contribution in [3.05, 3.63) is 11.4 Å². The molecule has 1 atom stereocenters. The van der Waals surface area contributed by atoms with Crippen molar-refractivity contribution in [2.24, 2.45) is 0 Å². The van der Waals surface area contributed by atoms with E-state index in [1.807, 2.05) is 20.8 Å². The van der Waals surface area contributed by atoms with Gasteiger partial charge in [-0.25, -0.2) is 0 Å². The number of hydrogen-bond acceptors (Lipinski definition) is 3. The van der Waals surface area contributed by atoms with Crippen LogP contribution in [0.3, 0.4) is 0 Å². The van der Waals surface area contributed by atoms with E-state index in [1.54, 1.807) is 4.68 Å². The van der Waals surface area contributed by atoms with E-state index in [1.165, 1.54) is 0 Å². The Morgan fingerprint density at radius 2 is 2.14 bits per heavy atom. The van der Waals surface area contributed by atoms with Crippen molar-refractivity contribution in [3.63, 3.8) is 0 Å². The van der Waals surface area contributed by atoms with Gasteiger partial charge in [-0.3, -0.25) is 4.68 Å². The summed E-state index contributed by atoms with van der Waals surface area (Å²) in [5.74, 6) is 0. The monoisotopic (exact) mass is 192 g/mol. The molecule has 1 aromatic rings. The molecule has 76 valence electrons. The van der Waals surface area contributed by atoms with Crippen LogP contribution in [0.2, 0.25) is 0 Å². The first-order chi connectivity index (χ1) is 6.65. The van der Waals surface area contributed by atoms with Crippen molar-refractivity contribution in [1.82, 2.24) is 9.78 Å². The predicted molar refractivity (Wildman–Crippen MR) is 55.7 cm³/mol. The van der Waals surface area contributed by atoms with Crippen LogP contribution in [0.5, 0.6) is 0 Å². The minimum atomic E-state index is -0.243. The zero-order valence-electron chi connectivity index (χ0n) is 8.91. The molecule has 0 bridgehead atoms. The number of aromatic nitrogens is 2. The number of nitrogens with zero attached hydrogens (tertiary/aromatic N) is 3. The highest BCUT2D eigenvalue weighted by Gasteiger charge is 2.15. The fraction of sp³-hybridized carbons (Fsp3) is 0.600. The van der Waals surface area contributed by atoms with E-state index in [4.69, 9.17) is 11.0 Å². The highest BCUT2D eigenvalue weighted by Crippen LogP contribution is 2.21. The van der Waals surface area contributed by atoms with Gasteiger partial charge in [-0.15, -0.1) is 0 Å². The van der Waals surface area contributed by atoms with Crippen LogP contribution in [0, 0.1) is 11.3 Å². The molecule has 1 aromatic heterocycles. The van der Waals surface area contributed by atoms with Crippen LogP contribution in [0.15, 0.2) is 0 Å². The zero-order valence-corrected chi connectivity index (χ0v) is 8.91. The molecule has 4 nitrogen and oxygen atoms in total. The Morgan fingerprint density at radius 1 is 1.50 bits per heavy atom. The summed E-state index contributed by atoms with van der Waals surface area (Å²) in [6.45, 7) is 5.86. The first-order valence-electron chi connectivity index (χ1n) is 4.91. The average Bonchev–Trinajstić information content (AvgIpc) is 2.53. The number of nitrogens with two attached hydrogens (primary N) is 1. The van der Waals surface area contributed by atoms with E-state index < -0.39 is 0 Å². The van der Waals surface area contributed by atoms with Gasteiger partial charge in [0.25, 0.3) is 0 Å². The molecule has 0 aromatic carbocycles. The Bertz CT molecular complexity index is 359. The highest BCUT2D eigenvalue weighted by molar-refractivity contribution is 5.48. The predicted octanol–water partition coefficient (Wildman–Crippen LogP) is 1.67. The maximum atomic E-state index is 8.83. The van der Waals surface area contributed by atoms with Gasteiger partial charge in [-0.2, -0.15) is 10.4 Å². The number of hydrogen-bond donors (Lipinski definition) is 1. The molecular weight excluding hydrogens is 176 g/mol. The molecule has 0 saturated carbocycles. The number of nitriles is 1. The van der Waals surface area contributed by atoms with Crippen molar-refractivity contribution in [2.75, 3.05) is 5.73 Å². The quantitative estimate of drug-likeness (QED) is 0.792. The second kappa shape index (κ2) is 4.14. The maximum absolute atomic E-state index is 8.83. The van der Waals surface area contributed by atoms with Crippen LogP contribution >= 0.6 is 0 Å². The molecule has 0 aliphatic heterocycles. The van der Waals surface area contributed by atoms with E-state index in [0.29, 0.717) is 0 Å². The average molecular weight is 192 g/mol. The lowest BCUT2D eigenvalue weighted by atomic mass is 10.2. The lowest BCUT2D eigenvalue weighted by Crippen LogP contribution is -2.09. The second-order valence-corrected chi connectivity index (χ2v) is 3.26. The summed E-state index contributed by atoms with van der Waals surface area (Å²) in [5.41, 5.74) is 8.53. The van der Waals surface area contributed by atoms with Gasteiger partial charge in [-0.05, 0) is 19.8 Å². The van der Waals surface area contributed by atoms with E-state index in [0.717, 1.165) is 29.9 Å². The Hall–Kier alpha value is -1.50. The Morgan fingerprint density at radius 3 is 2.57 bits per heavy atom. The van der Waals surface area contributed by atoms with Crippen LogP contribution in [0.4, 0.5) is 5.69 Å². The second-order valence-electron chi connectivity index (χ2n) is 3.26. The minimum absolute atomic E-state index is 0.243. The van der Waals surface area contributed by atoms with Crippen molar-refractivity contribution < 1.29 is 0 Å². The normalized spacial score (nSPS) is 12.4. The van der Waals surface area contributed by atoms with Crippen LogP contribution in [-0.2, 0) is 12.8 Å². The molecule has 0 saturated heterocycles. The third kappa shape index (κ3) is 1.58. The molecule has 1 unspecified atom stereocenters. The van der Waals surface area contributed by atoms with E-state index in [9.17, 15) is 0 Å². The molecule has 0 amide bonds. The molecule has 0 aliphatic rings. The highest BCUT2D eigenvalue weighted by atomic mass is 15.3. The molecule has 14 heavy (non-hydrogen) atoms. The van der Waals surface area contributed by atoms with E-state index in [-0.39, 0.29) is 6.04 Å².